The molecule has 0 aliphatic heterocycles. The molecule has 4 saturated carbocycles. The highest BCUT2D eigenvalue weighted by Crippen LogP contribution is 2.53. The highest BCUT2D eigenvalue weighted by Gasteiger charge is 2.69. The average molecular weight is 620 g/mol. The summed E-state index contributed by atoms with van der Waals surface area (Å²) in [4.78, 5) is 69.7. The van der Waals surface area contributed by atoms with Crippen molar-refractivity contribution in [2.45, 2.75) is 68.9 Å². The number of rotatable bonds is 5. The predicted octanol–water partition coefficient (Wildman–Crippen LogP) is 1.51. The molecule has 1 amide bonds. The molecule has 0 spiro atoms. The SMILES string of the molecule is CN(C)[C@@H]1C(=O)C(C(N)=O)C(=O)[C@@]2(O)C(=O)C3C(=O)c4c(O)cc(CN(C)[C@H]5CC6CCC5C6)c(C(F)(F)F)c4C[C@H]3C[C@@H]12. The normalized spacial score (nSPS) is 36.6. The van der Waals surface area contributed by atoms with Gasteiger partial charge in [0, 0.05) is 18.5 Å². The van der Waals surface area contributed by atoms with Gasteiger partial charge in [-0.3, -0.25) is 33.8 Å². The predicted molar refractivity (Wildman–Crippen MR) is 147 cm³/mol. The summed E-state index contributed by atoms with van der Waals surface area (Å²) < 4.78 is 44.5. The molecule has 0 saturated heterocycles. The fraction of sp³-hybridized carbons (Fsp3) is 0.645. The third-order valence-electron chi connectivity index (χ3n) is 11.1. The number of phenolic OH excluding ortho intramolecular Hbond substituents is 1. The molecule has 1 aromatic rings. The van der Waals surface area contributed by atoms with Gasteiger partial charge in [-0.05, 0) is 88.2 Å². The maximum atomic E-state index is 14.8. The van der Waals surface area contributed by atoms with E-state index in [1.165, 1.54) is 19.0 Å². The van der Waals surface area contributed by atoms with Crippen LogP contribution in [0.2, 0.25) is 0 Å². The number of nitrogens with two attached hydrogens (primary N) is 1. The van der Waals surface area contributed by atoms with E-state index in [-0.39, 0.29) is 24.6 Å². The van der Waals surface area contributed by atoms with Gasteiger partial charge in [-0.2, -0.15) is 13.2 Å². The number of alkyl halides is 3. The number of likely N-dealkylation sites (N-methyl/N-ethyl adjacent to an activating group) is 1. The molecule has 4 unspecified atom stereocenters. The quantitative estimate of drug-likeness (QED) is 0.416. The zero-order chi connectivity index (χ0) is 32.2. The van der Waals surface area contributed by atoms with E-state index in [0.717, 1.165) is 31.7 Å². The number of hydrogen-bond acceptors (Lipinski definition) is 9. The van der Waals surface area contributed by atoms with E-state index in [1.807, 2.05) is 4.90 Å². The lowest BCUT2D eigenvalue weighted by molar-refractivity contribution is -0.181. The molecule has 13 heteroatoms. The fourth-order valence-electron chi connectivity index (χ4n) is 9.36. The maximum absolute atomic E-state index is 14.8. The van der Waals surface area contributed by atoms with Crippen molar-refractivity contribution in [3.63, 3.8) is 0 Å². The number of fused-ring (bicyclic) bond motifs is 5. The Morgan fingerprint density at radius 1 is 1.05 bits per heavy atom. The second-order valence-corrected chi connectivity index (χ2v) is 13.7. The third-order valence-corrected chi connectivity index (χ3v) is 11.1. The van der Waals surface area contributed by atoms with E-state index in [4.69, 9.17) is 5.73 Å². The summed E-state index contributed by atoms with van der Waals surface area (Å²) in [6, 6.07) is -0.292. The van der Waals surface area contributed by atoms with Crippen LogP contribution in [0.25, 0.3) is 0 Å². The summed E-state index contributed by atoms with van der Waals surface area (Å²) in [6.07, 6.45) is -1.57. The first-order chi connectivity index (χ1) is 20.5. The summed E-state index contributed by atoms with van der Waals surface area (Å²) in [5.41, 5.74) is 0.0724. The first-order valence-electron chi connectivity index (χ1n) is 15.0. The van der Waals surface area contributed by atoms with E-state index in [2.05, 4.69) is 0 Å². The molecule has 4 N–H and O–H groups in total. The second-order valence-electron chi connectivity index (χ2n) is 13.7. The number of halogens is 3. The van der Waals surface area contributed by atoms with Crippen LogP contribution in [0.15, 0.2) is 6.07 Å². The van der Waals surface area contributed by atoms with Crippen LogP contribution < -0.4 is 5.73 Å². The number of aliphatic hydroxyl groups is 1. The molecule has 10 nitrogen and oxygen atoms in total. The van der Waals surface area contributed by atoms with Gasteiger partial charge >= 0.3 is 6.18 Å². The molecular formula is C31H36F3N3O7. The smallest absolute Gasteiger partial charge is 0.417 e. The van der Waals surface area contributed by atoms with Gasteiger partial charge in [-0.15, -0.1) is 0 Å². The lowest BCUT2D eigenvalue weighted by atomic mass is 9.52. The Morgan fingerprint density at radius 2 is 1.73 bits per heavy atom. The van der Waals surface area contributed by atoms with E-state index in [1.54, 1.807) is 7.05 Å². The van der Waals surface area contributed by atoms with Crippen LogP contribution in [-0.2, 0) is 38.3 Å². The van der Waals surface area contributed by atoms with Gasteiger partial charge in [-0.1, -0.05) is 6.42 Å². The Bertz CT molecular complexity index is 1490. The zero-order valence-electron chi connectivity index (χ0n) is 24.7. The van der Waals surface area contributed by atoms with Crippen molar-refractivity contribution in [1.82, 2.24) is 9.80 Å². The van der Waals surface area contributed by atoms with E-state index in [0.29, 0.717) is 11.8 Å². The maximum Gasteiger partial charge on any atom is 0.417 e. The number of phenols is 1. The van der Waals surface area contributed by atoms with Crippen LogP contribution >= 0.6 is 0 Å². The largest absolute Gasteiger partial charge is 0.507 e. The number of hydrogen-bond donors (Lipinski definition) is 3. The Kier molecular flexibility index (Phi) is 7.14. The average Bonchev–Trinajstić information content (AvgIpc) is 3.53. The van der Waals surface area contributed by atoms with Crippen LogP contribution in [0.1, 0.15) is 59.2 Å². The monoisotopic (exact) mass is 619 g/mol. The molecule has 2 bridgehead atoms. The van der Waals surface area contributed by atoms with Crippen molar-refractivity contribution in [3.8, 4) is 5.75 Å². The molecule has 1 aromatic carbocycles. The summed E-state index contributed by atoms with van der Waals surface area (Å²) in [5, 5.41) is 22.7. The third kappa shape index (κ3) is 4.29. The minimum Gasteiger partial charge on any atom is -0.507 e. The van der Waals surface area contributed by atoms with Crippen molar-refractivity contribution in [2.24, 2.45) is 41.2 Å². The summed E-state index contributed by atoms with van der Waals surface area (Å²) in [7, 11) is 4.64. The lowest BCUT2D eigenvalue weighted by Gasteiger charge is -2.52. The second kappa shape index (κ2) is 10.2. The van der Waals surface area contributed by atoms with Gasteiger partial charge in [-0.25, -0.2) is 0 Å². The number of carbonyl (C=O) groups excluding carboxylic acids is 5. The van der Waals surface area contributed by atoms with Crippen LogP contribution in [0.3, 0.4) is 0 Å². The van der Waals surface area contributed by atoms with Gasteiger partial charge in [0.1, 0.15) is 5.75 Å². The van der Waals surface area contributed by atoms with Crippen LogP contribution in [0, 0.1) is 35.5 Å². The molecule has 9 atom stereocenters. The number of aromatic hydroxyl groups is 1. The van der Waals surface area contributed by atoms with Crippen molar-refractivity contribution >= 4 is 29.0 Å². The molecule has 238 valence electrons. The van der Waals surface area contributed by atoms with Crippen LogP contribution in [0.5, 0.6) is 5.75 Å². The molecule has 6 rings (SSSR count). The number of carbonyl (C=O) groups is 5. The van der Waals surface area contributed by atoms with E-state index >= 15 is 0 Å². The van der Waals surface area contributed by atoms with Gasteiger partial charge in [0.2, 0.25) is 5.91 Å². The lowest BCUT2D eigenvalue weighted by Crippen LogP contribution is -2.74. The van der Waals surface area contributed by atoms with Crippen molar-refractivity contribution in [1.29, 1.82) is 0 Å². The van der Waals surface area contributed by atoms with Gasteiger partial charge in [0.05, 0.1) is 23.1 Å². The van der Waals surface area contributed by atoms with Gasteiger partial charge in [0.15, 0.2) is 34.7 Å². The standard InChI is InChI=1S/C31H36F3N3O7/c1-36(2)24-17-9-14-8-16-21(25(39)20(14)27(41)30(17,44)28(42)22(26(24)40)29(35)43)19(38)10-15(23(16)31(32,33)34)11-37(3)18-7-12-4-5-13(18)6-12/h10,12-14,17-18,20,22,24,38,44H,4-9,11H2,1-3H3,(H2,35,43)/t12?,13?,14-,17-,18-,20?,22?,24-,30-/m0/s1. The number of ketones is 4. The number of amides is 1. The molecule has 0 aromatic heterocycles. The first-order valence-corrected chi connectivity index (χ1v) is 15.0. The molecular weight excluding hydrogens is 583 g/mol. The van der Waals surface area contributed by atoms with Gasteiger partial charge < -0.3 is 15.9 Å². The highest BCUT2D eigenvalue weighted by atomic mass is 19.4. The molecule has 4 fully saturated rings. The fourth-order valence-corrected chi connectivity index (χ4v) is 9.36. The first kappa shape index (κ1) is 30.8. The van der Waals surface area contributed by atoms with E-state index < -0.39 is 99.4 Å². The van der Waals surface area contributed by atoms with Crippen LogP contribution in [0.4, 0.5) is 13.2 Å². The topological polar surface area (TPSA) is 158 Å². The Balaban J connectivity index is 1.43. The Morgan fingerprint density at radius 3 is 2.27 bits per heavy atom. The van der Waals surface area contributed by atoms with Crippen molar-refractivity contribution in [3.05, 3.63) is 28.3 Å². The zero-order valence-corrected chi connectivity index (χ0v) is 24.7. The summed E-state index contributed by atoms with van der Waals surface area (Å²) in [6.45, 7) is -0.104. The molecule has 0 heterocycles. The number of nitrogens with zero attached hydrogens (tertiary/aromatic N) is 2. The summed E-state index contributed by atoms with van der Waals surface area (Å²) >= 11 is 0. The molecule has 0 radical (unpaired) electrons. The highest BCUT2D eigenvalue weighted by molar-refractivity contribution is 6.32. The summed E-state index contributed by atoms with van der Waals surface area (Å²) in [5.74, 6) is -12.3. The minimum atomic E-state index is -4.90. The Labute approximate surface area is 251 Å². The minimum absolute atomic E-state index is 0.104. The van der Waals surface area contributed by atoms with E-state index in [9.17, 15) is 47.4 Å². The number of primary amides is 1. The Hall–Kier alpha value is -3.16. The van der Waals surface area contributed by atoms with Crippen molar-refractivity contribution < 1.29 is 47.4 Å². The van der Waals surface area contributed by atoms with Crippen molar-refractivity contribution in [2.75, 3.05) is 21.1 Å². The van der Waals surface area contributed by atoms with Gasteiger partial charge in [0.25, 0.3) is 0 Å². The molecule has 44 heavy (non-hydrogen) atoms. The molecule has 5 aliphatic rings. The van der Waals surface area contributed by atoms with Crippen LogP contribution in [-0.4, -0.2) is 87.9 Å². The molecule has 5 aliphatic carbocycles. The number of Topliss-reactive ketones (excluding diaryl/α,β-unsaturated/α-hetero) is 4. The number of benzene rings is 1.